The van der Waals surface area contributed by atoms with Crippen molar-refractivity contribution >= 4 is 21.6 Å². The average Bonchev–Trinajstić information content (AvgIpc) is 3.40. The minimum atomic E-state index is -4.74. The number of tetrazole rings is 1. The van der Waals surface area contributed by atoms with Gasteiger partial charge in [-0.15, -0.1) is 5.10 Å². The molecular formula is C26H21F3N6O3S. The van der Waals surface area contributed by atoms with Gasteiger partial charge in [0.15, 0.2) is 0 Å². The second kappa shape index (κ2) is 8.63. The number of carbonyl (C=O) groups excluding carboxylic acids is 1. The molecule has 9 nitrogen and oxygen atoms in total. The highest BCUT2D eigenvalue weighted by Crippen LogP contribution is 2.67. The van der Waals surface area contributed by atoms with E-state index >= 15 is 0 Å². The summed E-state index contributed by atoms with van der Waals surface area (Å²) in [7, 11) is -4.35. The molecule has 7 rings (SSSR count). The summed E-state index contributed by atoms with van der Waals surface area (Å²) < 4.78 is 70.2. The van der Waals surface area contributed by atoms with E-state index in [1.54, 1.807) is 0 Å². The summed E-state index contributed by atoms with van der Waals surface area (Å²) in [4.78, 5) is 13.0. The molecule has 0 saturated heterocycles. The summed E-state index contributed by atoms with van der Waals surface area (Å²) in [5.74, 6) is -0.642. The highest BCUT2D eigenvalue weighted by molar-refractivity contribution is 7.92. The molecule has 4 aromatic rings. The van der Waals surface area contributed by atoms with Crippen molar-refractivity contribution in [3.63, 3.8) is 0 Å². The first-order chi connectivity index (χ1) is 18.5. The molecule has 0 unspecified atom stereocenters. The molecule has 3 aliphatic carbocycles. The van der Waals surface area contributed by atoms with Crippen LogP contribution in [-0.2, 0) is 21.6 Å². The Kier molecular flexibility index (Phi) is 5.54. The molecule has 2 bridgehead atoms. The molecule has 1 heterocycles. The second-order valence-electron chi connectivity index (χ2n) is 10.0. The predicted molar refractivity (Wildman–Crippen MR) is 134 cm³/mol. The van der Waals surface area contributed by atoms with E-state index < -0.39 is 38.9 Å². The number of anilines is 1. The fourth-order valence-corrected chi connectivity index (χ4v) is 6.66. The summed E-state index contributed by atoms with van der Waals surface area (Å²) in [6.45, 7) is 0. The third-order valence-electron chi connectivity index (χ3n) is 7.39. The highest BCUT2D eigenvalue weighted by Gasteiger charge is 2.69. The number of hydrogen-bond acceptors (Lipinski definition) is 6. The van der Waals surface area contributed by atoms with Crippen molar-refractivity contribution in [2.75, 3.05) is 4.72 Å². The van der Waals surface area contributed by atoms with Gasteiger partial charge in [0, 0.05) is 11.0 Å². The van der Waals surface area contributed by atoms with Crippen molar-refractivity contribution in [3.05, 3.63) is 95.8 Å². The lowest BCUT2D eigenvalue weighted by Gasteiger charge is -2.71. The maximum absolute atomic E-state index is 13.5. The van der Waals surface area contributed by atoms with Crippen molar-refractivity contribution in [3.8, 4) is 5.69 Å². The Labute approximate surface area is 221 Å². The Morgan fingerprint density at radius 2 is 1.64 bits per heavy atom. The van der Waals surface area contributed by atoms with Crippen LogP contribution in [0.25, 0.3) is 5.69 Å². The molecule has 0 radical (unpaired) electrons. The molecule has 13 heteroatoms. The van der Waals surface area contributed by atoms with Crippen molar-refractivity contribution in [1.29, 1.82) is 0 Å². The van der Waals surface area contributed by atoms with Crippen LogP contribution in [0.5, 0.6) is 0 Å². The summed E-state index contributed by atoms with van der Waals surface area (Å²) in [6, 6.07) is 17.7. The topological polar surface area (TPSA) is 119 Å². The quantitative estimate of drug-likeness (QED) is 0.355. The van der Waals surface area contributed by atoms with E-state index in [2.05, 4.69) is 25.6 Å². The van der Waals surface area contributed by atoms with E-state index in [0.717, 1.165) is 12.1 Å². The Morgan fingerprint density at radius 3 is 2.26 bits per heavy atom. The number of rotatable bonds is 7. The van der Waals surface area contributed by atoms with E-state index in [9.17, 15) is 26.4 Å². The number of nitrogens with zero attached hydrogens (tertiary/aromatic N) is 4. The van der Waals surface area contributed by atoms with Crippen molar-refractivity contribution < 1.29 is 26.4 Å². The van der Waals surface area contributed by atoms with Crippen LogP contribution in [0.15, 0.2) is 84.0 Å². The number of amides is 1. The first-order valence-corrected chi connectivity index (χ1v) is 13.4. The van der Waals surface area contributed by atoms with E-state index in [0.29, 0.717) is 31.0 Å². The monoisotopic (exact) mass is 554 g/mol. The van der Waals surface area contributed by atoms with Gasteiger partial charge in [0.25, 0.3) is 15.9 Å². The van der Waals surface area contributed by atoms with Crippen LogP contribution in [0.3, 0.4) is 0 Å². The maximum Gasteiger partial charge on any atom is 0.416 e. The van der Waals surface area contributed by atoms with Crippen molar-refractivity contribution in [2.24, 2.45) is 0 Å². The number of nitrogens with one attached hydrogen (secondary N) is 2. The molecule has 200 valence electrons. The Bertz CT molecular complexity index is 1640. The van der Waals surface area contributed by atoms with Crippen molar-refractivity contribution in [2.45, 2.75) is 41.3 Å². The molecule has 0 spiro atoms. The summed E-state index contributed by atoms with van der Waals surface area (Å²) in [6.07, 6.45) is -1.28. The number of carbonyl (C=O) groups is 1. The predicted octanol–water partition coefficient (Wildman–Crippen LogP) is 4.09. The van der Waals surface area contributed by atoms with Gasteiger partial charge in [-0.05, 0) is 77.7 Å². The molecule has 3 saturated carbocycles. The van der Waals surface area contributed by atoms with Gasteiger partial charge in [-0.1, -0.05) is 30.3 Å². The van der Waals surface area contributed by atoms with Gasteiger partial charge in [0.2, 0.25) is 0 Å². The zero-order valence-electron chi connectivity index (χ0n) is 20.2. The molecule has 0 atom stereocenters. The van der Waals surface area contributed by atoms with Crippen LogP contribution < -0.4 is 10.0 Å². The number of aromatic nitrogens is 4. The number of benzene rings is 3. The number of alkyl halides is 3. The smallest absolute Gasteiger partial charge is 0.346 e. The molecule has 1 aromatic heterocycles. The van der Waals surface area contributed by atoms with Crippen molar-refractivity contribution in [1.82, 2.24) is 25.5 Å². The van der Waals surface area contributed by atoms with Gasteiger partial charge in [0.1, 0.15) is 6.33 Å². The van der Waals surface area contributed by atoms with Crippen LogP contribution in [0.4, 0.5) is 18.9 Å². The zero-order chi connectivity index (χ0) is 27.5. The van der Waals surface area contributed by atoms with Crippen LogP contribution in [0.2, 0.25) is 0 Å². The molecule has 39 heavy (non-hydrogen) atoms. The highest BCUT2D eigenvalue weighted by atomic mass is 32.2. The van der Waals surface area contributed by atoms with E-state index in [-0.39, 0.29) is 15.9 Å². The van der Waals surface area contributed by atoms with Gasteiger partial charge in [-0.3, -0.25) is 9.52 Å². The number of halogens is 3. The van der Waals surface area contributed by atoms with Crippen LogP contribution in [0, 0.1) is 0 Å². The van der Waals surface area contributed by atoms with Crippen LogP contribution in [-0.4, -0.2) is 40.1 Å². The summed E-state index contributed by atoms with van der Waals surface area (Å²) in [5, 5.41) is 13.7. The lowest BCUT2D eigenvalue weighted by Crippen LogP contribution is -2.76. The summed E-state index contributed by atoms with van der Waals surface area (Å²) in [5.41, 5.74) is -0.545. The third kappa shape index (κ3) is 4.42. The van der Waals surface area contributed by atoms with Gasteiger partial charge in [-0.25, -0.2) is 13.1 Å². The van der Waals surface area contributed by atoms with Gasteiger partial charge in [0.05, 0.1) is 27.4 Å². The minimum Gasteiger partial charge on any atom is -0.346 e. The van der Waals surface area contributed by atoms with Gasteiger partial charge < -0.3 is 5.32 Å². The first-order valence-electron chi connectivity index (χ1n) is 11.9. The molecule has 3 aromatic carbocycles. The lowest BCUT2D eigenvalue weighted by atomic mass is 9.37. The van der Waals surface area contributed by atoms with E-state index in [1.165, 1.54) is 40.8 Å². The zero-order valence-corrected chi connectivity index (χ0v) is 21.0. The molecule has 3 fully saturated rings. The van der Waals surface area contributed by atoms with Crippen LogP contribution >= 0.6 is 0 Å². The molecule has 1 amide bonds. The van der Waals surface area contributed by atoms with Crippen LogP contribution in [0.1, 0.15) is 40.7 Å². The normalized spacial score (nSPS) is 21.9. The largest absolute Gasteiger partial charge is 0.416 e. The molecule has 0 aliphatic heterocycles. The molecule has 3 aliphatic rings. The fraction of sp³-hybridized carbons (Fsp3) is 0.231. The Hall–Kier alpha value is -4.26. The number of sulfonamides is 1. The Balaban J connectivity index is 1.24. The van der Waals surface area contributed by atoms with Gasteiger partial charge >= 0.3 is 6.18 Å². The Morgan fingerprint density at radius 1 is 0.949 bits per heavy atom. The fourth-order valence-electron chi connectivity index (χ4n) is 5.59. The number of hydrogen-bond donors (Lipinski definition) is 2. The molecular weight excluding hydrogens is 533 g/mol. The lowest BCUT2D eigenvalue weighted by molar-refractivity contribution is -0.137. The minimum absolute atomic E-state index is 0.00639. The first kappa shape index (κ1) is 25.0. The summed E-state index contributed by atoms with van der Waals surface area (Å²) >= 11 is 0. The standard InChI is InChI=1S/C26H21F3N6O3S/c27-26(28,29)18-6-11-21(23(36)31-25-13-24(14-25,15-25)17-4-2-1-3-5-17)22(12-18)32-39(37,38)20-9-7-19(8-10-20)35-16-30-33-34-35/h1-12,16,32H,13-15H2,(H,31,36). The van der Waals surface area contributed by atoms with Gasteiger partial charge in [-0.2, -0.15) is 13.2 Å². The second-order valence-corrected chi connectivity index (χ2v) is 11.7. The third-order valence-corrected chi connectivity index (χ3v) is 8.77. The maximum atomic E-state index is 13.5. The molecule has 2 N–H and O–H groups in total. The van der Waals surface area contributed by atoms with E-state index in [4.69, 9.17) is 0 Å². The SMILES string of the molecule is O=C(NC12CC(c3ccccc3)(C1)C2)c1ccc(C(F)(F)F)cc1NS(=O)(=O)c1ccc(-n2cnnn2)cc1. The van der Waals surface area contributed by atoms with E-state index in [1.807, 2.05) is 30.3 Å². The average molecular weight is 555 g/mol.